The zero-order valence-electron chi connectivity index (χ0n) is 18.1. The van der Waals surface area contributed by atoms with Crippen LogP contribution in [-0.2, 0) is 35.2 Å². The second-order valence-corrected chi connectivity index (χ2v) is 8.81. The Hall–Kier alpha value is -2.71. The Bertz CT molecular complexity index is 905. The molecule has 2 atom stereocenters. The van der Waals surface area contributed by atoms with Crippen molar-refractivity contribution in [3.8, 4) is 0 Å². The van der Waals surface area contributed by atoms with E-state index < -0.39 is 42.8 Å². The number of benzene rings is 1. The van der Waals surface area contributed by atoms with E-state index in [4.69, 9.17) is 9.94 Å². The van der Waals surface area contributed by atoms with Gasteiger partial charge in [-0.2, -0.15) is 0 Å². The Kier molecular flexibility index (Phi) is 8.97. The number of carbonyl (C=O) groups is 5. The molecular formula is C21H26AsN3O7. The number of nitrogens with zero attached hydrogens (tertiary/aromatic N) is 2. The Labute approximate surface area is 194 Å². The van der Waals surface area contributed by atoms with Gasteiger partial charge in [-0.25, -0.2) is 0 Å². The molecule has 3 amide bonds. The molecule has 0 saturated carbocycles. The fraction of sp³-hybridized carbons (Fsp3) is 0.476. The van der Waals surface area contributed by atoms with Crippen LogP contribution in [0.5, 0.6) is 0 Å². The molecule has 0 fully saturated rings. The minimum atomic E-state index is -1.38. The molecule has 10 nitrogen and oxygen atoms in total. The van der Waals surface area contributed by atoms with Crippen LogP contribution in [0.25, 0.3) is 0 Å². The quantitative estimate of drug-likeness (QED) is 0.414. The van der Waals surface area contributed by atoms with E-state index in [0.717, 1.165) is 10.6 Å². The van der Waals surface area contributed by atoms with Gasteiger partial charge in [0.25, 0.3) is 0 Å². The maximum absolute atomic E-state index is 12.6. The van der Waals surface area contributed by atoms with E-state index in [2.05, 4.69) is 5.32 Å². The molecule has 0 aromatic heterocycles. The summed E-state index contributed by atoms with van der Waals surface area (Å²) in [5, 5.41) is 12.5. The standard InChI is InChI=1S/C21H26AsN3O7/c1-12(2)8-18(27)24(22)13(3)21(31)23-15(10-20(29)30)17(26)11-32-25-16-7-5-4-6-14(16)9-19(25)28/h4-7,12-13,15H,8-11H2,1-3H3,(H,23,31)(H,29,30). The van der Waals surface area contributed by atoms with Gasteiger partial charge < -0.3 is 0 Å². The summed E-state index contributed by atoms with van der Waals surface area (Å²) in [5.41, 5.74) is 1.27. The summed E-state index contributed by atoms with van der Waals surface area (Å²) in [5.74, 6) is -3.20. The summed E-state index contributed by atoms with van der Waals surface area (Å²) in [4.78, 5) is 66.2. The number of rotatable bonds is 11. The summed E-state index contributed by atoms with van der Waals surface area (Å²) in [6.07, 6.45) is -0.293. The molecule has 1 aromatic rings. The third-order valence-electron chi connectivity index (χ3n) is 4.78. The Morgan fingerprint density at radius 1 is 1.19 bits per heavy atom. The van der Waals surface area contributed by atoms with Crippen LogP contribution in [0, 0.1) is 5.92 Å². The van der Waals surface area contributed by atoms with E-state index in [-0.39, 0.29) is 30.6 Å². The minimum absolute atomic E-state index is 0.0984. The number of carboxylic acid groups (broad SMARTS) is 1. The molecule has 0 saturated heterocycles. The van der Waals surface area contributed by atoms with Gasteiger partial charge in [-0.3, -0.25) is 0 Å². The van der Waals surface area contributed by atoms with E-state index >= 15 is 0 Å². The second kappa shape index (κ2) is 11.2. The number of nitrogens with one attached hydrogen (secondary N) is 1. The first kappa shape index (κ1) is 25.5. The number of anilines is 1. The van der Waals surface area contributed by atoms with Gasteiger partial charge in [0.1, 0.15) is 0 Å². The molecule has 2 N–H and O–H groups in total. The predicted octanol–water partition coefficient (Wildman–Crippen LogP) is 0.383. The molecule has 1 heterocycles. The number of carbonyl (C=O) groups excluding carboxylic acids is 4. The fourth-order valence-corrected chi connectivity index (χ4v) is 3.47. The van der Waals surface area contributed by atoms with Crippen LogP contribution >= 0.6 is 0 Å². The van der Waals surface area contributed by atoms with Gasteiger partial charge in [-0.05, 0) is 0 Å². The van der Waals surface area contributed by atoms with Gasteiger partial charge in [0.2, 0.25) is 0 Å². The summed E-state index contributed by atoms with van der Waals surface area (Å²) in [6, 6.07) is 4.63. The summed E-state index contributed by atoms with van der Waals surface area (Å²) < 4.78 is 1.20. The normalized spacial score (nSPS) is 14.7. The number of hydrogen-bond acceptors (Lipinski definition) is 6. The van der Waals surface area contributed by atoms with Gasteiger partial charge in [0.05, 0.1) is 0 Å². The Morgan fingerprint density at radius 3 is 2.47 bits per heavy atom. The third-order valence-corrected chi connectivity index (χ3v) is 5.98. The summed E-state index contributed by atoms with van der Waals surface area (Å²) >= 11 is 2.01. The van der Waals surface area contributed by atoms with Gasteiger partial charge in [-0.15, -0.1) is 0 Å². The van der Waals surface area contributed by atoms with Crippen molar-refractivity contribution >= 4 is 52.2 Å². The van der Waals surface area contributed by atoms with Crippen LogP contribution in [0.2, 0.25) is 0 Å². The maximum atomic E-state index is 12.6. The number of para-hydroxylation sites is 1. The molecule has 0 bridgehead atoms. The topological polar surface area (TPSA) is 133 Å². The molecule has 32 heavy (non-hydrogen) atoms. The Morgan fingerprint density at radius 2 is 1.84 bits per heavy atom. The van der Waals surface area contributed by atoms with Crippen molar-refractivity contribution < 1.29 is 33.9 Å². The van der Waals surface area contributed by atoms with Gasteiger partial charge >= 0.3 is 189 Å². The van der Waals surface area contributed by atoms with E-state index in [0.29, 0.717) is 5.69 Å². The number of ketones is 1. The molecule has 0 spiro atoms. The number of aliphatic carboxylic acids is 1. The second-order valence-electron chi connectivity index (χ2n) is 7.90. The third kappa shape index (κ3) is 6.64. The van der Waals surface area contributed by atoms with E-state index in [1.807, 2.05) is 30.9 Å². The SMILES string of the molecule is CC(C)CC(=O)N([As])C(C)C(=O)NC(CC(=O)O)C(=O)CON1C(=O)Cc2ccccc21. The molecule has 0 aliphatic carbocycles. The van der Waals surface area contributed by atoms with Crippen LogP contribution in [0.15, 0.2) is 24.3 Å². The molecule has 172 valence electrons. The van der Waals surface area contributed by atoms with E-state index in [1.165, 1.54) is 10.7 Å². The van der Waals surface area contributed by atoms with Gasteiger partial charge in [0, 0.05) is 0 Å². The first-order chi connectivity index (χ1) is 15.0. The van der Waals surface area contributed by atoms with Crippen LogP contribution in [0.4, 0.5) is 5.69 Å². The molecular weight excluding hydrogens is 481 g/mol. The van der Waals surface area contributed by atoms with Crippen molar-refractivity contribution in [1.82, 2.24) is 9.13 Å². The average Bonchev–Trinajstić information content (AvgIpc) is 3.04. The molecule has 2 unspecified atom stereocenters. The summed E-state index contributed by atoms with van der Waals surface area (Å²) in [6.45, 7) is 4.61. The van der Waals surface area contributed by atoms with Gasteiger partial charge in [0.15, 0.2) is 0 Å². The zero-order valence-corrected chi connectivity index (χ0v) is 20.0. The number of Topliss-reactive ketones (excluding diaryl/α,β-unsaturated/α-hetero) is 1. The van der Waals surface area contributed by atoms with E-state index in [1.54, 1.807) is 24.3 Å². The van der Waals surface area contributed by atoms with Crippen molar-refractivity contribution in [2.24, 2.45) is 5.92 Å². The van der Waals surface area contributed by atoms with Crippen LogP contribution in [0.3, 0.4) is 0 Å². The van der Waals surface area contributed by atoms with Crippen molar-refractivity contribution in [3.05, 3.63) is 29.8 Å². The first-order valence-corrected chi connectivity index (χ1v) is 10.9. The number of fused-ring (bicyclic) bond motifs is 1. The van der Waals surface area contributed by atoms with Crippen molar-refractivity contribution in [2.45, 2.75) is 52.1 Å². The molecule has 1 aliphatic heterocycles. The number of amides is 3. The average molecular weight is 507 g/mol. The first-order valence-electron chi connectivity index (χ1n) is 10.1. The van der Waals surface area contributed by atoms with E-state index in [9.17, 15) is 24.0 Å². The summed E-state index contributed by atoms with van der Waals surface area (Å²) in [7, 11) is 0. The monoisotopic (exact) mass is 507 g/mol. The van der Waals surface area contributed by atoms with Crippen LogP contribution in [0.1, 0.15) is 39.2 Å². The molecule has 2 radical (unpaired) electrons. The number of hydrogen-bond donors (Lipinski definition) is 2. The molecule has 2 rings (SSSR count). The van der Waals surface area contributed by atoms with Gasteiger partial charge in [-0.1, -0.05) is 6.07 Å². The van der Waals surface area contributed by atoms with Crippen molar-refractivity contribution in [1.29, 1.82) is 0 Å². The molecule has 1 aromatic carbocycles. The number of carboxylic acids is 1. The fourth-order valence-electron chi connectivity index (χ4n) is 3.08. The van der Waals surface area contributed by atoms with Crippen molar-refractivity contribution in [2.75, 3.05) is 11.7 Å². The predicted molar refractivity (Wildman–Crippen MR) is 114 cm³/mol. The Balaban J connectivity index is 2.02. The number of hydroxylamine groups is 1. The van der Waals surface area contributed by atoms with Crippen LogP contribution < -0.4 is 10.4 Å². The van der Waals surface area contributed by atoms with Crippen molar-refractivity contribution in [3.63, 3.8) is 0 Å². The molecule has 1 aliphatic rings. The van der Waals surface area contributed by atoms with Crippen LogP contribution in [-0.4, -0.2) is 74.2 Å². The molecule has 11 heteroatoms. The zero-order chi connectivity index (χ0) is 24.0.